The van der Waals surface area contributed by atoms with Gasteiger partial charge in [-0.05, 0) is 49.3 Å². The van der Waals surface area contributed by atoms with Gasteiger partial charge in [0.15, 0.2) is 0 Å². The largest absolute Gasteiger partial charge is 0.333 e. The standard InChI is InChI=1S/C19H20N2OS2/c22-18(11-10-14-6-5-13-23-14)21-12-4-3-8-16(21)19-20-15-7-1-2-9-17(15)24-19/h1-2,5-7,9,13,16H,3-4,8,10-12H2/t16-/m1/s1. The molecule has 0 N–H and O–H groups in total. The first kappa shape index (κ1) is 15.8. The molecule has 1 amide bonds. The van der Waals surface area contributed by atoms with Gasteiger partial charge in [0.25, 0.3) is 0 Å². The van der Waals surface area contributed by atoms with Crippen LogP contribution in [0.1, 0.15) is 41.6 Å². The van der Waals surface area contributed by atoms with E-state index in [9.17, 15) is 4.79 Å². The van der Waals surface area contributed by atoms with E-state index in [-0.39, 0.29) is 11.9 Å². The molecule has 1 aliphatic rings. The summed E-state index contributed by atoms with van der Waals surface area (Å²) in [6, 6.07) is 12.6. The van der Waals surface area contributed by atoms with Crippen molar-refractivity contribution in [3.63, 3.8) is 0 Å². The van der Waals surface area contributed by atoms with E-state index in [1.807, 2.05) is 6.07 Å². The molecule has 1 aliphatic heterocycles. The third-order valence-corrected chi connectivity index (χ3v) is 6.66. The van der Waals surface area contributed by atoms with Gasteiger partial charge in [-0.25, -0.2) is 4.98 Å². The summed E-state index contributed by atoms with van der Waals surface area (Å²) in [5.74, 6) is 0.271. The fourth-order valence-corrected chi connectivity index (χ4v) is 5.17. The van der Waals surface area contributed by atoms with E-state index in [1.165, 1.54) is 16.0 Å². The topological polar surface area (TPSA) is 33.2 Å². The Hall–Kier alpha value is -1.72. The highest BCUT2D eigenvalue weighted by atomic mass is 32.1. The summed E-state index contributed by atoms with van der Waals surface area (Å²) in [6.07, 6.45) is 4.76. The molecule has 0 spiro atoms. The number of carbonyl (C=O) groups excluding carboxylic acids is 1. The number of likely N-dealkylation sites (tertiary alicyclic amines) is 1. The van der Waals surface area contributed by atoms with Crippen molar-refractivity contribution in [2.45, 2.75) is 38.1 Å². The third-order valence-electron chi connectivity index (χ3n) is 4.58. The summed E-state index contributed by atoms with van der Waals surface area (Å²) in [5, 5.41) is 3.17. The van der Waals surface area contributed by atoms with Crippen LogP contribution < -0.4 is 0 Å². The highest BCUT2D eigenvalue weighted by Crippen LogP contribution is 2.36. The Kier molecular flexibility index (Phi) is 4.63. The molecule has 1 aromatic carbocycles. The van der Waals surface area contributed by atoms with Gasteiger partial charge < -0.3 is 4.90 Å². The highest BCUT2D eigenvalue weighted by molar-refractivity contribution is 7.18. The molecular formula is C19H20N2OS2. The summed E-state index contributed by atoms with van der Waals surface area (Å²) >= 11 is 3.47. The zero-order valence-electron chi connectivity index (χ0n) is 13.5. The van der Waals surface area contributed by atoms with Crippen molar-refractivity contribution >= 4 is 38.8 Å². The first-order valence-electron chi connectivity index (χ1n) is 8.48. The van der Waals surface area contributed by atoms with Crippen LogP contribution in [0.5, 0.6) is 0 Å². The van der Waals surface area contributed by atoms with Gasteiger partial charge in [0.05, 0.1) is 16.3 Å². The Morgan fingerprint density at radius 3 is 2.96 bits per heavy atom. The zero-order valence-corrected chi connectivity index (χ0v) is 15.1. The van der Waals surface area contributed by atoms with Gasteiger partial charge in [-0.2, -0.15) is 0 Å². The Morgan fingerprint density at radius 1 is 1.21 bits per heavy atom. The predicted octanol–water partition coefficient (Wildman–Crippen LogP) is 5.04. The van der Waals surface area contributed by atoms with Crippen LogP contribution in [-0.2, 0) is 11.2 Å². The van der Waals surface area contributed by atoms with E-state index in [4.69, 9.17) is 4.98 Å². The van der Waals surface area contributed by atoms with Crippen molar-refractivity contribution in [2.24, 2.45) is 0 Å². The van der Waals surface area contributed by atoms with Crippen molar-refractivity contribution in [2.75, 3.05) is 6.54 Å². The Morgan fingerprint density at radius 2 is 2.12 bits per heavy atom. The molecule has 4 rings (SSSR count). The average Bonchev–Trinajstić information content (AvgIpc) is 3.29. The number of fused-ring (bicyclic) bond motifs is 1. The van der Waals surface area contributed by atoms with E-state index in [1.54, 1.807) is 22.7 Å². The van der Waals surface area contributed by atoms with Gasteiger partial charge in [-0.3, -0.25) is 4.79 Å². The Labute approximate surface area is 150 Å². The smallest absolute Gasteiger partial charge is 0.223 e. The predicted molar refractivity (Wildman–Crippen MR) is 101 cm³/mol. The number of benzene rings is 1. The first-order valence-corrected chi connectivity index (χ1v) is 10.2. The summed E-state index contributed by atoms with van der Waals surface area (Å²) in [7, 11) is 0. The second-order valence-corrected chi connectivity index (χ2v) is 8.29. The van der Waals surface area contributed by atoms with Gasteiger partial charge in [-0.1, -0.05) is 18.2 Å². The van der Waals surface area contributed by atoms with Gasteiger partial charge in [0, 0.05) is 17.8 Å². The summed E-state index contributed by atoms with van der Waals surface area (Å²) < 4.78 is 1.21. The first-order chi connectivity index (χ1) is 11.8. The lowest BCUT2D eigenvalue weighted by molar-refractivity contribution is -0.135. The minimum atomic E-state index is 0.159. The van der Waals surface area contributed by atoms with Crippen LogP contribution in [0.25, 0.3) is 10.2 Å². The average molecular weight is 357 g/mol. The Bertz CT molecular complexity index is 792. The molecule has 5 heteroatoms. The van der Waals surface area contributed by atoms with Crippen LogP contribution in [0, 0.1) is 0 Å². The van der Waals surface area contributed by atoms with Crippen LogP contribution in [0.2, 0.25) is 0 Å². The molecule has 3 aromatic rings. The number of amides is 1. The number of para-hydroxylation sites is 1. The number of aryl methyl sites for hydroxylation is 1. The molecule has 24 heavy (non-hydrogen) atoms. The van der Waals surface area contributed by atoms with Crippen molar-refractivity contribution in [1.82, 2.24) is 9.88 Å². The van der Waals surface area contributed by atoms with Crippen LogP contribution in [0.4, 0.5) is 0 Å². The van der Waals surface area contributed by atoms with E-state index >= 15 is 0 Å². The van der Waals surface area contributed by atoms with E-state index in [0.717, 1.165) is 36.3 Å². The van der Waals surface area contributed by atoms with Crippen LogP contribution >= 0.6 is 22.7 Å². The highest BCUT2D eigenvalue weighted by Gasteiger charge is 2.29. The summed E-state index contributed by atoms with van der Waals surface area (Å²) in [5.41, 5.74) is 1.05. The maximum Gasteiger partial charge on any atom is 0.223 e. The minimum absolute atomic E-state index is 0.159. The molecular weight excluding hydrogens is 336 g/mol. The van der Waals surface area contributed by atoms with Gasteiger partial charge in [0.1, 0.15) is 5.01 Å². The molecule has 3 heterocycles. The van der Waals surface area contributed by atoms with Crippen LogP contribution in [0.15, 0.2) is 41.8 Å². The second kappa shape index (κ2) is 7.03. The molecule has 2 aromatic heterocycles. The lowest BCUT2D eigenvalue weighted by Gasteiger charge is -2.34. The minimum Gasteiger partial charge on any atom is -0.333 e. The molecule has 0 radical (unpaired) electrons. The third kappa shape index (κ3) is 3.23. The number of thiophene rings is 1. The van der Waals surface area contributed by atoms with Crippen molar-refractivity contribution in [3.8, 4) is 0 Å². The van der Waals surface area contributed by atoms with E-state index < -0.39 is 0 Å². The number of aromatic nitrogens is 1. The normalized spacial score (nSPS) is 18.2. The molecule has 3 nitrogen and oxygen atoms in total. The fourth-order valence-electron chi connectivity index (χ4n) is 3.35. The fraction of sp³-hybridized carbons (Fsp3) is 0.368. The molecule has 1 saturated heterocycles. The van der Waals surface area contributed by atoms with Gasteiger partial charge >= 0.3 is 0 Å². The molecule has 0 bridgehead atoms. The number of hydrogen-bond donors (Lipinski definition) is 0. The molecule has 124 valence electrons. The number of nitrogens with zero attached hydrogens (tertiary/aromatic N) is 2. The number of thiazole rings is 1. The lowest BCUT2D eigenvalue weighted by Crippen LogP contribution is -2.38. The summed E-state index contributed by atoms with van der Waals surface area (Å²) in [4.78, 5) is 21.0. The summed E-state index contributed by atoms with van der Waals surface area (Å²) in [6.45, 7) is 0.865. The van der Waals surface area contributed by atoms with Crippen molar-refractivity contribution in [1.29, 1.82) is 0 Å². The number of piperidine rings is 1. The molecule has 0 unspecified atom stereocenters. The van der Waals surface area contributed by atoms with E-state index in [0.29, 0.717) is 6.42 Å². The van der Waals surface area contributed by atoms with Crippen LogP contribution in [0.3, 0.4) is 0 Å². The molecule has 1 atom stereocenters. The number of carbonyl (C=O) groups is 1. The quantitative estimate of drug-likeness (QED) is 0.656. The van der Waals surface area contributed by atoms with Crippen molar-refractivity contribution < 1.29 is 4.79 Å². The number of hydrogen-bond acceptors (Lipinski definition) is 4. The zero-order chi connectivity index (χ0) is 16.4. The maximum absolute atomic E-state index is 12.8. The molecule has 0 aliphatic carbocycles. The van der Waals surface area contributed by atoms with Crippen molar-refractivity contribution in [3.05, 3.63) is 51.7 Å². The van der Waals surface area contributed by atoms with Gasteiger partial charge in [0.2, 0.25) is 5.91 Å². The Balaban J connectivity index is 1.52. The second-order valence-electron chi connectivity index (χ2n) is 6.20. The monoisotopic (exact) mass is 356 g/mol. The van der Waals surface area contributed by atoms with Gasteiger partial charge in [-0.15, -0.1) is 22.7 Å². The molecule has 1 fully saturated rings. The van der Waals surface area contributed by atoms with E-state index in [2.05, 4.69) is 40.6 Å². The van der Waals surface area contributed by atoms with Crippen LogP contribution in [-0.4, -0.2) is 22.3 Å². The lowest BCUT2D eigenvalue weighted by atomic mass is 10.0. The number of rotatable bonds is 4. The molecule has 0 saturated carbocycles. The SMILES string of the molecule is O=C(CCc1cccs1)N1CCCC[C@@H]1c1nc2ccccc2s1. The maximum atomic E-state index is 12.8.